The van der Waals surface area contributed by atoms with E-state index in [1.807, 2.05) is 12.1 Å². The lowest BCUT2D eigenvalue weighted by molar-refractivity contribution is -0.143. The molecule has 0 fully saturated rings. The number of hydrogen-bond donors (Lipinski definition) is 1. The zero-order chi connectivity index (χ0) is 18.5. The number of fused-ring (bicyclic) bond motifs is 1. The molecular weight excluding hydrogens is 334 g/mol. The fourth-order valence-electron chi connectivity index (χ4n) is 3.18. The Bertz CT molecular complexity index is 804. The molecule has 1 aliphatic rings. The van der Waals surface area contributed by atoms with E-state index in [0.717, 1.165) is 5.56 Å². The summed E-state index contributed by atoms with van der Waals surface area (Å²) in [6, 6.07) is 13.2. The van der Waals surface area contributed by atoms with Gasteiger partial charge in [-0.15, -0.1) is 0 Å². The molecular formula is C20H21NO5. The third-order valence-electron chi connectivity index (χ3n) is 4.42. The molecule has 1 heterocycles. The van der Waals surface area contributed by atoms with Crippen molar-refractivity contribution in [3.05, 3.63) is 65.2 Å². The summed E-state index contributed by atoms with van der Waals surface area (Å²) >= 11 is 0. The predicted octanol–water partition coefficient (Wildman–Crippen LogP) is 2.54. The maximum absolute atomic E-state index is 13.0. The summed E-state index contributed by atoms with van der Waals surface area (Å²) in [5.41, 5.74) is 2.05. The van der Waals surface area contributed by atoms with Crippen molar-refractivity contribution >= 4 is 11.9 Å². The fraction of sp³-hybridized carbons (Fsp3) is 0.300. The number of rotatable bonds is 6. The van der Waals surface area contributed by atoms with Crippen molar-refractivity contribution in [2.75, 3.05) is 26.9 Å². The summed E-state index contributed by atoms with van der Waals surface area (Å²) in [5.74, 6) is -0.792. The Hall–Kier alpha value is -2.86. The quantitative estimate of drug-likeness (QED) is 0.806. The first-order valence-electron chi connectivity index (χ1n) is 8.45. The molecule has 6 heteroatoms. The first-order valence-corrected chi connectivity index (χ1v) is 8.45. The van der Waals surface area contributed by atoms with Gasteiger partial charge in [0, 0.05) is 19.2 Å². The second kappa shape index (κ2) is 8.01. The Morgan fingerprint density at radius 1 is 1.15 bits per heavy atom. The van der Waals surface area contributed by atoms with Gasteiger partial charge in [0.2, 0.25) is 0 Å². The number of carboxylic acids is 1. The molecule has 0 aromatic heterocycles. The number of hydrogen-bond acceptors (Lipinski definition) is 4. The van der Waals surface area contributed by atoms with Gasteiger partial charge in [0.15, 0.2) is 6.04 Å². The lowest BCUT2D eigenvalue weighted by atomic mass is 9.92. The van der Waals surface area contributed by atoms with Crippen molar-refractivity contribution in [1.82, 2.24) is 4.90 Å². The number of carboxylic acid groups (broad SMARTS) is 1. The molecule has 3 rings (SSSR count). The number of methoxy groups -OCH3 is 1. The Morgan fingerprint density at radius 3 is 2.73 bits per heavy atom. The van der Waals surface area contributed by atoms with Crippen LogP contribution in [0.5, 0.6) is 5.75 Å². The number of benzene rings is 2. The highest BCUT2D eigenvalue weighted by atomic mass is 16.5. The second-order valence-electron chi connectivity index (χ2n) is 6.06. The molecule has 0 aliphatic carbocycles. The van der Waals surface area contributed by atoms with E-state index in [1.165, 1.54) is 4.90 Å². The van der Waals surface area contributed by atoms with Gasteiger partial charge in [0.25, 0.3) is 5.91 Å². The molecule has 1 amide bonds. The van der Waals surface area contributed by atoms with Gasteiger partial charge in [-0.3, -0.25) is 4.79 Å². The van der Waals surface area contributed by atoms with E-state index in [0.29, 0.717) is 43.1 Å². The van der Waals surface area contributed by atoms with Gasteiger partial charge in [0.05, 0.1) is 6.61 Å². The van der Waals surface area contributed by atoms with Crippen LogP contribution in [0, 0.1) is 0 Å². The topological polar surface area (TPSA) is 76.1 Å². The van der Waals surface area contributed by atoms with E-state index in [1.54, 1.807) is 43.5 Å². The average molecular weight is 355 g/mol. The number of ether oxygens (including phenoxy) is 2. The number of carbonyl (C=O) groups is 2. The fourth-order valence-corrected chi connectivity index (χ4v) is 3.18. The molecule has 0 bridgehead atoms. The van der Waals surface area contributed by atoms with Crippen LogP contribution in [0.15, 0.2) is 48.5 Å². The van der Waals surface area contributed by atoms with Gasteiger partial charge in [-0.05, 0) is 35.7 Å². The van der Waals surface area contributed by atoms with Crippen molar-refractivity contribution in [3.63, 3.8) is 0 Å². The molecule has 1 aliphatic heterocycles. The minimum atomic E-state index is -1.03. The van der Waals surface area contributed by atoms with E-state index in [-0.39, 0.29) is 5.91 Å². The van der Waals surface area contributed by atoms with Crippen LogP contribution in [0.3, 0.4) is 0 Å². The van der Waals surface area contributed by atoms with E-state index in [9.17, 15) is 14.7 Å². The summed E-state index contributed by atoms with van der Waals surface area (Å²) in [5, 5.41) is 9.72. The van der Waals surface area contributed by atoms with Gasteiger partial charge in [-0.1, -0.05) is 30.3 Å². The SMILES string of the molecule is COCCOc1cccc(C(=O)N2CCc3ccccc3C2C(=O)O)c1. The zero-order valence-electron chi connectivity index (χ0n) is 14.6. The van der Waals surface area contributed by atoms with Gasteiger partial charge >= 0.3 is 5.97 Å². The van der Waals surface area contributed by atoms with Crippen molar-refractivity contribution < 1.29 is 24.2 Å². The summed E-state index contributed by atoms with van der Waals surface area (Å²) in [7, 11) is 1.59. The smallest absolute Gasteiger partial charge is 0.331 e. The molecule has 6 nitrogen and oxygen atoms in total. The monoisotopic (exact) mass is 355 g/mol. The van der Waals surface area contributed by atoms with Crippen LogP contribution in [0.1, 0.15) is 27.5 Å². The van der Waals surface area contributed by atoms with Crippen LogP contribution in [-0.2, 0) is 16.0 Å². The Kier molecular flexibility index (Phi) is 5.53. The Balaban J connectivity index is 1.85. The molecule has 2 aromatic carbocycles. The Morgan fingerprint density at radius 2 is 1.96 bits per heavy atom. The molecule has 1 atom stereocenters. The molecule has 0 saturated carbocycles. The van der Waals surface area contributed by atoms with Crippen LogP contribution >= 0.6 is 0 Å². The van der Waals surface area contributed by atoms with Gasteiger partial charge in [-0.25, -0.2) is 4.79 Å². The predicted molar refractivity (Wildman–Crippen MR) is 95.4 cm³/mol. The van der Waals surface area contributed by atoms with Crippen molar-refractivity contribution in [3.8, 4) is 5.75 Å². The molecule has 26 heavy (non-hydrogen) atoms. The number of carbonyl (C=O) groups excluding carboxylic acids is 1. The third kappa shape index (κ3) is 3.70. The maximum Gasteiger partial charge on any atom is 0.331 e. The number of nitrogens with zero attached hydrogens (tertiary/aromatic N) is 1. The molecule has 136 valence electrons. The van der Waals surface area contributed by atoms with E-state index >= 15 is 0 Å². The molecule has 2 aromatic rings. The van der Waals surface area contributed by atoms with E-state index in [4.69, 9.17) is 9.47 Å². The average Bonchev–Trinajstić information content (AvgIpc) is 2.66. The molecule has 1 unspecified atom stereocenters. The molecule has 1 N–H and O–H groups in total. The second-order valence-corrected chi connectivity index (χ2v) is 6.06. The molecule has 0 saturated heterocycles. The lowest BCUT2D eigenvalue weighted by Crippen LogP contribution is -2.43. The highest BCUT2D eigenvalue weighted by Gasteiger charge is 2.36. The van der Waals surface area contributed by atoms with Gasteiger partial charge in [-0.2, -0.15) is 0 Å². The summed E-state index contributed by atoms with van der Waals surface area (Å²) in [6.45, 7) is 1.19. The van der Waals surface area contributed by atoms with Crippen LogP contribution in [0.25, 0.3) is 0 Å². The highest BCUT2D eigenvalue weighted by Crippen LogP contribution is 2.31. The van der Waals surface area contributed by atoms with Crippen molar-refractivity contribution in [2.24, 2.45) is 0 Å². The summed E-state index contributed by atoms with van der Waals surface area (Å²) < 4.78 is 10.5. The van der Waals surface area contributed by atoms with Crippen LogP contribution in [0.2, 0.25) is 0 Å². The first-order chi connectivity index (χ1) is 12.6. The standard InChI is InChI=1S/C20H21NO5/c1-25-11-12-26-16-7-4-6-15(13-16)19(22)21-10-9-14-5-2-3-8-17(14)18(21)20(23)24/h2-8,13,18H,9-12H2,1H3,(H,23,24). The number of aliphatic carboxylic acids is 1. The highest BCUT2D eigenvalue weighted by molar-refractivity contribution is 5.97. The summed E-state index contributed by atoms with van der Waals surface area (Å²) in [6.07, 6.45) is 0.635. The zero-order valence-corrected chi connectivity index (χ0v) is 14.6. The van der Waals surface area contributed by atoms with Crippen molar-refractivity contribution in [2.45, 2.75) is 12.5 Å². The number of amides is 1. The van der Waals surface area contributed by atoms with E-state index < -0.39 is 12.0 Å². The molecule has 0 spiro atoms. The largest absolute Gasteiger partial charge is 0.491 e. The minimum absolute atomic E-state index is 0.316. The Labute approximate surface area is 152 Å². The normalized spacial score (nSPS) is 16.0. The van der Waals surface area contributed by atoms with Crippen molar-refractivity contribution in [1.29, 1.82) is 0 Å². The minimum Gasteiger partial charge on any atom is -0.491 e. The summed E-state index contributed by atoms with van der Waals surface area (Å²) in [4.78, 5) is 26.3. The van der Waals surface area contributed by atoms with Gasteiger partial charge in [0.1, 0.15) is 12.4 Å². The van der Waals surface area contributed by atoms with Crippen LogP contribution < -0.4 is 4.74 Å². The molecule has 0 radical (unpaired) electrons. The van der Waals surface area contributed by atoms with Gasteiger partial charge < -0.3 is 19.5 Å². The first kappa shape index (κ1) is 17.9. The van der Waals surface area contributed by atoms with Crippen LogP contribution in [0.4, 0.5) is 0 Å². The van der Waals surface area contributed by atoms with E-state index in [2.05, 4.69) is 0 Å². The third-order valence-corrected chi connectivity index (χ3v) is 4.42. The van der Waals surface area contributed by atoms with Crippen LogP contribution in [-0.4, -0.2) is 48.8 Å². The lowest BCUT2D eigenvalue weighted by Gasteiger charge is -2.34. The maximum atomic E-state index is 13.0.